The molecule has 0 spiro atoms. The van der Waals surface area contributed by atoms with Crippen LogP contribution in [0.25, 0.3) is 0 Å². The van der Waals surface area contributed by atoms with Crippen LogP contribution in [0.3, 0.4) is 0 Å². The minimum absolute atomic E-state index is 0.00670. The fraction of sp³-hybridized carbons (Fsp3) is 0.143. The number of rotatable bonds is 4. The molecule has 0 radical (unpaired) electrons. The lowest BCUT2D eigenvalue weighted by atomic mass is 10.2. The van der Waals surface area contributed by atoms with Gasteiger partial charge in [0.1, 0.15) is 10.7 Å². The summed E-state index contributed by atoms with van der Waals surface area (Å²) < 4.78 is 40.4. The van der Waals surface area contributed by atoms with Gasteiger partial charge in [0.15, 0.2) is 0 Å². The van der Waals surface area contributed by atoms with Gasteiger partial charge in [-0.3, -0.25) is 4.72 Å². The molecular formula is C14H13ClFNO3S. The van der Waals surface area contributed by atoms with Crippen LogP contribution in [0.2, 0.25) is 5.02 Å². The molecular weight excluding hydrogens is 317 g/mol. The Kier molecular flexibility index (Phi) is 4.51. The highest BCUT2D eigenvalue weighted by atomic mass is 35.5. The molecule has 4 nitrogen and oxygen atoms in total. The summed E-state index contributed by atoms with van der Waals surface area (Å²) in [5.41, 5.74) is 0.953. The molecule has 0 bridgehead atoms. The van der Waals surface area contributed by atoms with E-state index in [1.807, 2.05) is 0 Å². The van der Waals surface area contributed by atoms with E-state index in [0.717, 1.165) is 0 Å². The number of halogens is 2. The monoisotopic (exact) mass is 329 g/mol. The fourth-order valence-electron chi connectivity index (χ4n) is 1.77. The summed E-state index contributed by atoms with van der Waals surface area (Å²) >= 11 is 5.88. The first-order valence-corrected chi connectivity index (χ1v) is 7.88. The van der Waals surface area contributed by atoms with Crippen LogP contribution in [0.4, 0.5) is 10.1 Å². The van der Waals surface area contributed by atoms with Crippen LogP contribution in [-0.4, -0.2) is 13.5 Å². The summed E-state index contributed by atoms with van der Waals surface area (Å²) in [7, 11) is -4.05. The number of sulfonamides is 1. The van der Waals surface area contributed by atoms with E-state index in [2.05, 4.69) is 4.72 Å². The number of benzene rings is 2. The maximum absolute atomic E-state index is 13.7. The van der Waals surface area contributed by atoms with Crippen molar-refractivity contribution in [2.24, 2.45) is 0 Å². The Morgan fingerprint density at radius 3 is 2.62 bits per heavy atom. The third-order valence-electron chi connectivity index (χ3n) is 2.83. The second-order valence-electron chi connectivity index (χ2n) is 4.51. The molecule has 0 aromatic heterocycles. The van der Waals surface area contributed by atoms with E-state index in [4.69, 9.17) is 16.7 Å². The van der Waals surface area contributed by atoms with Crippen LogP contribution >= 0.6 is 11.6 Å². The van der Waals surface area contributed by atoms with Gasteiger partial charge in [0.05, 0.1) is 17.3 Å². The van der Waals surface area contributed by atoms with E-state index < -0.39 is 15.8 Å². The number of aryl methyl sites for hydroxylation is 1. The number of hydrogen-bond acceptors (Lipinski definition) is 3. The quantitative estimate of drug-likeness (QED) is 0.906. The van der Waals surface area contributed by atoms with E-state index in [1.54, 1.807) is 6.92 Å². The minimum Gasteiger partial charge on any atom is -0.392 e. The van der Waals surface area contributed by atoms with Gasteiger partial charge < -0.3 is 5.11 Å². The molecule has 2 aromatic carbocycles. The molecule has 2 aromatic rings. The van der Waals surface area contributed by atoms with E-state index in [9.17, 15) is 12.8 Å². The predicted octanol–water partition coefficient (Wildman–Crippen LogP) is 3.08. The zero-order valence-electron chi connectivity index (χ0n) is 11.1. The standard InChI is InChI=1S/C14H13ClFNO3S/c1-9-2-5-12(16)13(6-9)17-21(19,20)14-7-10(8-18)3-4-11(14)15/h2-7,17-18H,8H2,1H3. The Morgan fingerprint density at radius 1 is 1.24 bits per heavy atom. The zero-order valence-corrected chi connectivity index (χ0v) is 12.7. The van der Waals surface area contributed by atoms with Crippen molar-refractivity contribution in [3.63, 3.8) is 0 Å². The van der Waals surface area contributed by atoms with Gasteiger partial charge in [-0.15, -0.1) is 0 Å². The summed E-state index contributed by atoms with van der Waals surface area (Å²) in [5, 5.41) is 9.06. The van der Waals surface area contributed by atoms with E-state index >= 15 is 0 Å². The third-order valence-corrected chi connectivity index (χ3v) is 4.68. The van der Waals surface area contributed by atoms with Crippen molar-refractivity contribution in [2.45, 2.75) is 18.4 Å². The molecule has 7 heteroatoms. The molecule has 0 aliphatic heterocycles. The van der Waals surface area contributed by atoms with Gasteiger partial charge in [-0.05, 0) is 42.3 Å². The second kappa shape index (κ2) is 6.01. The molecule has 21 heavy (non-hydrogen) atoms. The van der Waals surface area contributed by atoms with Gasteiger partial charge in [0.25, 0.3) is 10.0 Å². The molecule has 0 saturated carbocycles. The first kappa shape index (κ1) is 15.8. The van der Waals surface area contributed by atoms with Crippen LogP contribution in [0.5, 0.6) is 0 Å². The van der Waals surface area contributed by atoms with Crippen LogP contribution in [0, 0.1) is 12.7 Å². The van der Waals surface area contributed by atoms with E-state index in [0.29, 0.717) is 11.1 Å². The number of aliphatic hydroxyl groups excluding tert-OH is 1. The van der Waals surface area contributed by atoms with Crippen molar-refractivity contribution in [2.75, 3.05) is 4.72 Å². The van der Waals surface area contributed by atoms with E-state index in [1.165, 1.54) is 36.4 Å². The Hall–Kier alpha value is -1.63. The van der Waals surface area contributed by atoms with Crippen molar-refractivity contribution in [1.82, 2.24) is 0 Å². The second-order valence-corrected chi connectivity index (χ2v) is 6.57. The van der Waals surface area contributed by atoms with Crippen LogP contribution in [0.15, 0.2) is 41.3 Å². The first-order valence-electron chi connectivity index (χ1n) is 6.02. The molecule has 0 aliphatic rings. The Balaban J connectivity index is 2.45. The summed E-state index contributed by atoms with van der Waals surface area (Å²) in [6, 6.07) is 8.23. The maximum Gasteiger partial charge on any atom is 0.263 e. The molecule has 0 aliphatic carbocycles. The van der Waals surface area contributed by atoms with Crippen molar-refractivity contribution in [3.05, 3.63) is 58.4 Å². The van der Waals surface area contributed by atoms with Crippen molar-refractivity contribution in [3.8, 4) is 0 Å². The minimum atomic E-state index is -4.05. The molecule has 112 valence electrons. The van der Waals surface area contributed by atoms with Crippen molar-refractivity contribution >= 4 is 27.3 Å². The highest BCUT2D eigenvalue weighted by Gasteiger charge is 2.20. The third kappa shape index (κ3) is 3.53. The van der Waals surface area contributed by atoms with Crippen LogP contribution in [0.1, 0.15) is 11.1 Å². The van der Waals surface area contributed by atoms with Gasteiger partial charge in [0.2, 0.25) is 0 Å². The Bertz CT molecular complexity index is 778. The highest BCUT2D eigenvalue weighted by Crippen LogP contribution is 2.26. The van der Waals surface area contributed by atoms with Gasteiger partial charge >= 0.3 is 0 Å². The summed E-state index contributed by atoms with van der Waals surface area (Å²) in [6.45, 7) is 1.40. The molecule has 0 fully saturated rings. The van der Waals surface area contributed by atoms with Crippen LogP contribution in [-0.2, 0) is 16.6 Å². The average molecular weight is 330 g/mol. The molecule has 0 heterocycles. The lowest BCUT2D eigenvalue weighted by molar-refractivity contribution is 0.281. The smallest absolute Gasteiger partial charge is 0.263 e. The van der Waals surface area contributed by atoms with Gasteiger partial charge in [0, 0.05) is 0 Å². The summed E-state index contributed by atoms with van der Waals surface area (Å²) in [5.74, 6) is -0.682. The van der Waals surface area contributed by atoms with Gasteiger partial charge in [-0.1, -0.05) is 23.7 Å². The number of anilines is 1. The highest BCUT2D eigenvalue weighted by molar-refractivity contribution is 7.92. The summed E-state index contributed by atoms with van der Waals surface area (Å²) in [4.78, 5) is -0.211. The fourth-order valence-corrected chi connectivity index (χ4v) is 3.38. The average Bonchev–Trinajstić information content (AvgIpc) is 2.43. The molecule has 0 saturated heterocycles. The SMILES string of the molecule is Cc1ccc(F)c(NS(=O)(=O)c2cc(CO)ccc2Cl)c1. The molecule has 0 atom stereocenters. The number of aliphatic hydroxyl groups is 1. The topological polar surface area (TPSA) is 66.4 Å². The summed E-state index contributed by atoms with van der Waals surface area (Å²) in [6.07, 6.45) is 0. The largest absolute Gasteiger partial charge is 0.392 e. The van der Waals surface area contributed by atoms with Crippen molar-refractivity contribution in [1.29, 1.82) is 0 Å². The predicted molar refractivity (Wildman–Crippen MR) is 79.3 cm³/mol. The van der Waals surface area contributed by atoms with Gasteiger partial charge in [-0.25, -0.2) is 12.8 Å². The first-order chi connectivity index (χ1) is 9.83. The number of hydrogen-bond donors (Lipinski definition) is 2. The Morgan fingerprint density at radius 2 is 1.95 bits per heavy atom. The normalized spacial score (nSPS) is 11.4. The zero-order chi connectivity index (χ0) is 15.6. The lowest BCUT2D eigenvalue weighted by Crippen LogP contribution is -2.15. The maximum atomic E-state index is 13.7. The molecule has 0 unspecified atom stereocenters. The van der Waals surface area contributed by atoms with E-state index in [-0.39, 0.29) is 22.2 Å². The van der Waals surface area contributed by atoms with Crippen LogP contribution < -0.4 is 4.72 Å². The molecule has 2 N–H and O–H groups in total. The Labute approximate surface area is 127 Å². The molecule has 2 rings (SSSR count). The number of nitrogens with one attached hydrogen (secondary N) is 1. The van der Waals surface area contributed by atoms with Crippen molar-refractivity contribution < 1.29 is 17.9 Å². The molecule has 0 amide bonds. The lowest BCUT2D eigenvalue weighted by Gasteiger charge is -2.11. The van der Waals surface area contributed by atoms with Gasteiger partial charge in [-0.2, -0.15) is 0 Å².